The summed E-state index contributed by atoms with van der Waals surface area (Å²) in [7, 11) is 0. The van der Waals surface area contributed by atoms with Crippen molar-refractivity contribution in [1.29, 1.82) is 0 Å². The average molecular weight is 244 g/mol. The van der Waals surface area contributed by atoms with Crippen LogP contribution in [-0.2, 0) is 0 Å². The maximum absolute atomic E-state index is 5.33. The molecule has 1 unspecified atom stereocenters. The van der Waals surface area contributed by atoms with Gasteiger partial charge < -0.3 is 9.84 Å². The summed E-state index contributed by atoms with van der Waals surface area (Å²) in [6.07, 6.45) is 5.25. The Kier molecular flexibility index (Phi) is 3.06. The normalized spacial score (nSPS) is 19.9. The number of aryl methyl sites for hydroxylation is 1. The summed E-state index contributed by atoms with van der Waals surface area (Å²) in [6.45, 7) is 3.04. The van der Waals surface area contributed by atoms with Gasteiger partial charge in [-0.2, -0.15) is 4.98 Å². The summed E-state index contributed by atoms with van der Waals surface area (Å²) in [6, 6.07) is 4.11. The van der Waals surface area contributed by atoms with Gasteiger partial charge >= 0.3 is 0 Å². The van der Waals surface area contributed by atoms with Crippen LogP contribution in [0.5, 0.6) is 0 Å². The van der Waals surface area contributed by atoms with E-state index in [1.54, 1.807) is 6.20 Å². The van der Waals surface area contributed by atoms with E-state index in [0.29, 0.717) is 11.7 Å². The van der Waals surface area contributed by atoms with Crippen LogP contribution in [0.15, 0.2) is 22.9 Å². The number of aromatic nitrogens is 3. The Hall–Kier alpha value is -1.75. The van der Waals surface area contributed by atoms with Gasteiger partial charge in [0.25, 0.3) is 0 Å². The van der Waals surface area contributed by atoms with Gasteiger partial charge in [0.1, 0.15) is 5.69 Å². The van der Waals surface area contributed by atoms with Crippen LogP contribution >= 0.6 is 0 Å². The second-order valence-corrected chi connectivity index (χ2v) is 4.68. The minimum absolute atomic E-state index is 0.199. The fourth-order valence-corrected chi connectivity index (χ4v) is 2.20. The van der Waals surface area contributed by atoms with Crippen molar-refractivity contribution in [2.45, 2.75) is 32.2 Å². The van der Waals surface area contributed by atoms with Crippen LogP contribution in [0, 0.1) is 6.92 Å². The van der Waals surface area contributed by atoms with Crippen molar-refractivity contribution in [3.05, 3.63) is 29.8 Å². The molecule has 0 radical (unpaired) electrons. The third-order valence-electron chi connectivity index (χ3n) is 3.19. The quantitative estimate of drug-likeness (QED) is 0.877. The van der Waals surface area contributed by atoms with Crippen LogP contribution in [0.1, 0.15) is 36.8 Å². The highest BCUT2D eigenvalue weighted by molar-refractivity contribution is 5.48. The van der Waals surface area contributed by atoms with E-state index < -0.39 is 0 Å². The van der Waals surface area contributed by atoms with E-state index in [9.17, 15) is 0 Å². The molecule has 0 spiro atoms. The molecule has 1 saturated heterocycles. The van der Waals surface area contributed by atoms with Crippen LogP contribution < -0.4 is 5.32 Å². The predicted molar refractivity (Wildman–Crippen MR) is 66.9 cm³/mol. The Labute approximate surface area is 106 Å². The van der Waals surface area contributed by atoms with E-state index in [2.05, 4.69) is 20.4 Å². The third kappa shape index (κ3) is 2.26. The minimum Gasteiger partial charge on any atom is -0.337 e. The summed E-state index contributed by atoms with van der Waals surface area (Å²) >= 11 is 0. The van der Waals surface area contributed by atoms with E-state index in [1.165, 1.54) is 12.8 Å². The molecule has 1 fully saturated rings. The molecular weight excluding hydrogens is 228 g/mol. The third-order valence-corrected chi connectivity index (χ3v) is 3.19. The Balaban J connectivity index is 1.84. The van der Waals surface area contributed by atoms with Crippen molar-refractivity contribution in [3.8, 4) is 11.5 Å². The fraction of sp³-hybridized carbons (Fsp3) is 0.462. The maximum Gasteiger partial charge on any atom is 0.244 e. The number of nitrogens with zero attached hydrogens (tertiary/aromatic N) is 3. The molecule has 1 aliphatic heterocycles. The lowest BCUT2D eigenvalue weighted by molar-refractivity contribution is 0.297. The molecule has 3 heterocycles. The molecule has 5 heteroatoms. The summed E-state index contributed by atoms with van der Waals surface area (Å²) in [5.41, 5.74) is 1.91. The van der Waals surface area contributed by atoms with E-state index in [0.717, 1.165) is 24.2 Å². The van der Waals surface area contributed by atoms with E-state index in [1.807, 2.05) is 19.1 Å². The van der Waals surface area contributed by atoms with Gasteiger partial charge in [-0.3, -0.25) is 4.98 Å². The second-order valence-electron chi connectivity index (χ2n) is 4.68. The SMILES string of the molecule is Cc1ccnc(-c2noc(C3CCCCN3)n2)c1. The van der Waals surface area contributed by atoms with Crippen LogP contribution in [-0.4, -0.2) is 21.7 Å². The van der Waals surface area contributed by atoms with Crippen LogP contribution in [0.2, 0.25) is 0 Å². The summed E-state index contributed by atoms with van der Waals surface area (Å²) in [5, 5.41) is 7.41. The molecule has 0 saturated carbocycles. The Morgan fingerprint density at radius 2 is 2.33 bits per heavy atom. The van der Waals surface area contributed by atoms with E-state index in [4.69, 9.17) is 4.52 Å². The summed E-state index contributed by atoms with van der Waals surface area (Å²) in [4.78, 5) is 8.71. The lowest BCUT2D eigenvalue weighted by Crippen LogP contribution is -2.26. The lowest BCUT2D eigenvalue weighted by Gasteiger charge is -2.19. The zero-order chi connectivity index (χ0) is 12.4. The first-order valence-corrected chi connectivity index (χ1v) is 6.33. The second kappa shape index (κ2) is 4.86. The Morgan fingerprint density at radius 1 is 1.39 bits per heavy atom. The summed E-state index contributed by atoms with van der Waals surface area (Å²) in [5.74, 6) is 1.24. The van der Waals surface area contributed by atoms with Crippen molar-refractivity contribution < 1.29 is 4.52 Å². The first kappa shape index (κ1) is 11.3. The summed E-state index contributed by atoms with van der Waals surface area (Å²) < 4.78 is 5.33. The molecule has 3 rings (SSSR count). The smallest absolute Gasteiger partial charge is 0.244 e. The average Bonchev–Trinajstić information content (AvgIpc) is 2.89. The Bertz CT molecular complexity index is 531. The molecule has 0 bridgehead atoms. The molecule has 5 nitrogen and oxygen atoms in total. The molecule has 1 atom stereocenters. The van der Waals surface area contributed by atoms with Crippen LogP contribution in [0.3, 0.4) is 0 Å². The van der Waals surface area contributed by atoms with Crippen LogP contribution in [0.4, 0.5) is 0 Å². The van der Waals surface area contributed by atoms with Gasteiger partial charge in [-0.25, -0.2) is 0 Å². The fourth-order valence-electron chi connectivity index (χ4n) is 2.20. The first-order chi connectivity index (χ1) is 8.83. The van der Waals surface area contributed by atoms with Gasteiger partial charge in [-0.15, -0.1) is 0 Å². The molecule has 2 aromatic rings. The highest BCUT2D eigenvalue weighted by atomic mass is 16.5. The maximum atomic E-state index is 5.33. The molecule has 2 aromatic heterocycles. The van der Waals surface area contributed by atoms with Gasteiger partial charge in [0.2, 0.25) is 11.7 Å². The molecule has 0 aliphatic carbocycles. The molecule has 0 aromatic carbocycles. The van der Waals surface area contributed by atoms with Crippen molar-refractivity contribution >= 4 is 0 Å². The standard InChI is InChI=1S/C13H16N4O/c1-9-5-7-15-11(8-9)12-16-13(18-17-12)10-4-2-3-6-14-10/h5,7-8,10,14H,2-4,6H2,1H3. The van der Waals surface area contributed by atoms with E-state index in [-0.39, 0.29) is 6.04 Å². The zero-order valence-corrected chi connectivity index (χ0v) is 10.4. The zero-order valence-electron chi connectivity index (χ0n) is 10.4. The molecular formula is C13H16N4O. The molecule has 1 aliphatic rings. The number of hydrogen-bond donors (Lipinski definition) is 1. The molecule has 94 valence electrons. The molecule has 18 heavy (non-hydrogen) atoms. The van der Waals surface area contributed by atoms with Crippen molar-refractivity contribution in [1.82, 2.24) is 20.4 Å². The van der Waals surface area contributed by atoms with Crippen molar-refractivity contribution in [2.75, 3.05) is 6.54 Å². The highest BCUT2D eigenvalue weighted by Crippen LogP contribution is 2.23. The first-order valence-electron chi connectivity index (χ1n) is 6.33. The predicted octanol–water partition coefficient (Wildman–Crippen LogP) is 2.25. The monoisotopic (exact) mass is 244 g/mol. The van der Waals surface area contributed by atoms with Crippen molar-refractivity contribution in [3.63, 3.8) is 0 Å². The molecule has 0 amide bonds. The topological polar surface area (TPSA) is 63.8 Å². The van der Waals surface area contributed by atoms with Gasteiger partial charge in [-0.1, -0.05) is 11.6 Å². The largest absolute Gasteiger partial charge is 0.337 e. The number of piperidine rings is 1. The minimum atomic E-state index is 0.199. The van der Waals surface area contributed by atoms with Gasteiger partial charge in [-0.05, 0) is 44.0 Å². The van der Waals surface area contributed by atoms with E-state index >= 15 is 0 Å². The van der Waals surface area contributed by atoms with Gasteiger partial charge in [0.15, 0.2) is 0 Å². The molecule has 1 N–H and O–H groups in total. The lowest BCUT2D eigenvalue weighted by atomic mass is 10.1. The Morgan fingerprint density at radius 3 is 3.11 bits per heavy atom. The number of pyridine rings is 1. The number of nitrogens with one attached hydrogen (secondary N) is 1. The van der Waals surface area contributed by atoms with Crippen molar-refractivity contribution in [2.24, 2.45) is 0 Å². The van der Waals surface area contributed by atoms with Gasteiger partial charge in [0.05, 0.1) is 6.04 Å². The van der Waals surface area contributed by atoms with Crippen LogP contribution in [0.25, 0.3) is 11.5 Å². The number of rotatable bonds is 2. The highest BCUT2D eigenvalue weighted by Gasteiger charge is 2.21. The van der Waals surface area contributed by atoms with Gasteiger partial charge in [0, 0.05) is 6.20 Å². The number of hydrogen-bond acceptors (Lipinski definition) is 5.